The van der Waals surface area contributed by atoms with E-state index in [9.17, 15) is 19.2 Å². The van der Waals surface area contributed by atoms with Gasteiger partial charge in [-0.3, -0.25) is 14.5 Å². The smallest absolute Gasteiger partial charge is 0.328 e. The van der Waals surface area contributed by atoms with Gasteiger partial charge in [0.15, 0.2) is 0 Å². The standard InChI is InChI=1S/C16H25N3O5/c1-4-10(2)12(13(21)24-3)17-11(20)9-19-14(22)16(18-15(19)23)7-5-6-8-16/h10,12H,4-9H2,1-3H3,(H,17,20)(H,18,23)/t10-,12-/m1/s1. The topological polar surface area (TPSA) is 105 Å². The minimum atomic E-state index is -0.837. The molecule has 4 amide bonds. The van der Waals surface area contributed by atoms with E-state index in [0.717, 1.165) is 17.7 Å². The molecule has 8 heteroatoms. The summed E-state index contributed by atoms with van der Waals surface area (Å²) in [6, 6.07) is -1.34. The summed E-state index contributed by atoms with van der Waals surface area (Å²) in [6.07, 6.45) is 3.64. The highest BCUT2D eigenvalue weighted by molar-refractivity contribution is 6.09. The van der Waals surface area contributed by atoms with E-state index in [1.807, 2.05) is 13.8 Å². The summed E-state index contributed by atoms with van der Waals surface area (Å²) < 4.78 is 4.71. The number of hydrogen-bond donors (Lipinski definition) is 2. The van der Waals surface area contributed by atoms with Crippen LogP contribution in [0.25, 0.3) is 0 Å². The summed E-state index contributed by atoms with van der Waals surface area (Å²) in [4.78, 5) is 49.6. The number of hydrogen-bond acceptors (Lipinski definition) is 5. The summed E-state index contributed by atoms with van der Waals surface area (Å²) in [5.74, 6) is -1.56. The van der Waals surface area contributed by atoms with Gasteiger partial charge in [0.2, 0.25) is 5.91 Å². The number of methoxy groups -OCH3 is 1. The Labute approximate surface area is 141 Å². The quantitative estimate of drug-likeness (QED) is 0.543. The zero-order valence-electron chi connectivity index (χ0n) is 14.4. The van der Waals surface area contributed by atoms with Crippen molar-refractivity contribution in [3.8, 4) is 0 Å². The number of carbonyl (C=O) groups is 4. The van der Waals surface area contributed by atoms with E-state index in [4.69, 9.17) is 4.74 Å². The van der Waals surface area contributed by atoms with E-state index in [-0.39, 0.29) is 11.8 Å². The average molecular weight is 339 g/mol. The van der Waals surface area contributed by atoms with Gasteiger partial charge in [-0.25, -0.2) is 9.59 Å². The van der Waals surface area contributed by atoms with Gasteiger partial charge in [-0.05, 0) is 18.8 Å². The Kier molecular flexibility index (Phi) is 5.46. The zero-order chi connectivity index (χ0) is 17.9. The van der Waals surface area contributed by atoms with Gasteiger partial charge >= 0.3 is 12.0 Å². The van der Waals surface area contributed by atoms with E-state index in [2.05, 4.69) is 10.6 Å². The predicted molar refractivity (Wildman–Crippen MR) is 84.8 cm³/mol. The minimum Gasteiger partial charge on any atom is -0.467 e. The number of nitrogens with zero attached hydrogens (tertiary/aromatic N) is 1. The van der Waals surface area contributed by atoms with Crippen LogP contribution in [0.5, 0.6) is 0 Å². The maximum absolute atomic E-state index is 12.5. The predicted octanol–water partition coefficient (Wildman–Crippen LogP) is 0.555. The molecule has 1 aliphatic heterocycles. The number of rotatable bonds is 6. The summed E-state index contributed by atoms with van der Waals surface area (Å²) in [5, 5.41) is 5.30. The molecule has 0 unspecified atom stereocenters. The molecule has 0 aromatic heterocycles. The van der Waals surface area contributed by atoms with Gasteiger partial charge in [-0.2, -0.15) is 0 Å². The molecule has 0 radical (unpaired) electrons. The highest BCUT2D eigenvalue weighted by Gasteiger charge is 2.52. The van der Waals surface area contributed by atoms with Crippen LogP contribution in [-0.2, 0) is 19.1 Å². The van der Waals surface area contributed by atoms with Crippen LogP contribution in [-0.4, -0.2) is 54.0 Å². The van der Waals surface area contributed by atoms with Crippen LogP contribution in [0.1, 0.15) is 46.0 Å². The second-order valence-electron chi connectivity index (χ2n) is 6.56. The number of amides is 4. The molecule has 2 aliphatic rings. The lowest BCUT2D eigenvalue weighted by Gasteiger charge is -2.23. The van der Waals surface area contributed by atoms with Crippen LogP contribution in [0.4, 0.5) is 4.79 Å². The van der Waals surface area contributed by atoms with Crippen LogP contribution in [0.2, 0.25) is 0 Å². The molecule has 24 heavy (non-hydrogen) atoms. The maximum atomic E-state index is 12.5. The SMILES string of the molecule is CC[C@@H](C)[C@@H](NC(=O)CN1C(=O)NC2(CCCC2)C1=O)C(=O)OC. The first-order chi connectivity index (χ1) is 11.3. The molecule has 134 valence electrons. The van der Waals surface area contributed by atoms with Crippen molar-refractivity contribution in [3.63, 3.8) is 0 Å². The van der Waals surface area contributed by atoms with Gasteiger partial charge in [-0.15, -0.1) is 0 Å². The Balaban J connectivity index is 2.02. The molecule has 2 fully saturated rings. The van der Waals surface area contributed by atoms with Crippen molar-refractivity contribution in [1.29, 1.82) is 0 Å². The van der Waals surface area contributed by atoms with Crippen molar-refractivity contribution in [3.05, 3.63) is 0 Å². The Bertz CT molecular complexity index is 542. The van der Waals surface area contributed by atoms with Crippen molar-refractivity contribution in [1.82, 2.24) is 15.5 Å². The number of urea groups is 1. The molecule has 2 atom stereocenters. The number of ether oxygens (including phenoxy) is 1. The van der Waals surface area contributed by atoms with Gasteiger partial charge in [0.25, 0.3) is 5.91 Å². The third-order valence-electron chi connectivity index (χ3n) is 4.99. The van der Waals surface area contributed by atoms with Crippen molar-refractivity contribution >= 4 is 23.8 Å². The lowest BCUT2D eigenvalue weighted by Crippen LogP contribution is -2.50. The second kappa shape index (κ2) is 7.19. The molecule has 1 saturated heterocycles. The van der Waals surface area contributed by atoms with Gasteiger partial charge in [-0.1, -0.05) is 33.1 Å². The third-order valence-corrected chi connectivity index (χ3v) is 4.99. The maximum Gasteiger partial charge on any atom is 0.328 e. The third kappa shape index (κ3) is 3.37. The lowest BCUT2D eigenvalue weighted by molar-refractivity contribution is -0.146. The summed E-state index contributed by atoms with van der Waals surface area (Å²) in [5.41, 5.74) is -0.837. The highest BCUT2D eigenvalue weighted by atomic mass is 16.5. The fourth-order valence-corrected chi connectivity index (χ4v) is 3.30. The van der Waals surface area contributed by atoms with Crippen LogP contribution in [0.15, 0.2) is 0 Å². The number of imide groups is 1. The monoisotopic (exact) mass is 339 g/mol. The molecule has 2 N–H and O–H groups in total. The molecular formula is C16H25N3O5. The molecule has 0 bridgehead atoms. The summed E-state index contributed by atoms with van der Waals surface area (Å²) in [6.45, 7) is 3.33. The fraction of sp³-hybridized carbons (Fsp3) is 0.750. The van der Waals surface area contributed by atoms with Crippen LogP contribution in [0.3, 0.4) is 0 Å². The molecular weight excluding hydrogens is 314 g/mol. The first-order valence-electron chi connectivity index (χ1n) is 8.36. The van der Waals surface area contributed by atoms with Crippen LogP contribution in [0, 0.1) is 5.92 Å². The van der Waals surface area contributed by atoms with Gasteiger partial charge < -0.3 is 15.4 Å². The van der Waals surface area contributed by atoms with Crippen molar-refractivity contribution in [2.24, 2.45) is 5.92 Å². The van der Waals surface area contributed by atoms with Crippen molar-refractivity contribution in [2.75, 3.05) is 13.7 Å². The number of carbonyl (C=O) groups excluding carboxylic acids is 4. The molecule has 1 spiro atoms. The van der Waals surface area contributed by atoms with E-state index in [1.165, 1.54) is 7.11 Å². The lowest BCUT2D eigenvalue weighted by atomic mass is 9.98. The molecule has 2 rings (SSSR count). The van der Waals surface area contributed by atoms with Crippen molar-refractivity contribution < 1.29 is 23.9 Å². The molecule has 1 aliphatic carbocycles. The van der Waals surface area contributed by atoms with Gasteiger partial charge in [0.05, 0.1) is 7.11 Å². The largest absolute Gasteiger partial charge is 0.467 e. The average Bonchev–Trinajstić information content (AvgIpc) is 3.12. The first kappa shape index (κ1) is 18.2. The highest BCUT2D eigenvalue weighted by Crippen LogP contribution is 2.34. The van der Waals surface area contributed by atoms with Crippen LogP contribution < -0.4 is 10.6 Å². The number of esters is 1. The Morgan fingerprint density at radius 3 is 2.50 bits per heavy atom. The van der Waals surface area contributed by atoms with E-state index in [1.54, 1.807) is 0 Å². The number of nitrogens with one attached hydrogen (secondary N) is 2. The summed E-state index contributed by atoms with van der Waals surface area (Å²) >= 11 is 0. The normalized spacial score (nSPS) is 21.5. The zero-order valence-corrected chi connectivity index (χ0v) is 14.4. The minimum absolute atomic E-state index is 0.120. The molecule has 0 aromatic carbocycles. The van der Waals surface area contributed by atoms with Gasteiger partial charge in [0, 0.05) is 0 Å². The van der Waals surface area contributed by atoms with Crippen molar-refractivity contribution in [2.45, 2.75) is 57.5 Å². The van der Waals surface area contributed by atoms with E-state index in [0.29, 0.717) is 19.3 Å². The molecule has 8 nitrogen and oxygen atoms in total. The molecule has 0 aromatic rings. The Morgan fingerprint density at radius 2 is 1.96 bits per heavy atom. The van der Waals surface area contributed by atoms with E-state index >= 15 is 0 Å². The molecule has 1 heterocycles. The van der Waals surface area contributed by atoms with Gasteiger partial charge in [0.1, 0.15) is 18.1 Å². The first-order valence-corrected chi connectivity index (χ1v) is 8.36. The van der Waals surface area contributed by atoms with E-state index < -0.39 is 36.0 Å². The fourth-order valence-electron chi connectivity index (χ4n) is 3.30. The summed E-state index contributed by atoms with van der Waals surface area (Å²) in [7, 11) is 1.26. The van der Waals surface area contributed by atoms with Crippen LogP contribution >= 0.6 is 0 Å². The second-order valence-corrected chi connectivity index (χ2v) is 6.56. The molecule has 1 saturated carbocycles. The Hall–Kier alpha value is -2.12. The Morgan fingerprint density at radius 1 is 1.33 bits per heavy atom.